The highest BCUT2D eigenvalue weighted by molar-refractivity contribution is 7.99. The summed E-state index contributed by atoms with van der Waals surface area (Å²) >= 11 is 1.70. The maximum atomic E-state index is 14.0. The van der Waals surface area contributed by atoms with E-state index in [1.54, 1.807) is 18.0 Å². The van der Waals surface area contributed by atoms with Gasteiger partial charge in [-0.05, 0) is 62.9 Å². The Kier molecular flexibility index (Phi) is 6.13. The molecular formula is C27H30N4OS. The summed E-state index contributed by atoms with van der Waals surface area (Å²) < 4.78 is 2.28. The Morgan fingerprint density at radius 2 is 2.00 bits per heavy atom. The Morgan fingerprint density at radius 1 is 1.18 bits per heavy atom. The van der Waals surface area contributed by atoms with Crippen LogP contribution in [0.3, 0.4) is 0 Å². The van der Waals surface area contributed by atoms with Crippen molar-refractivity contribution in [1.82, 2.24) is 19.8 Å². The van der Waals surface area contributed by atoms with Crippen molar-refractivity contribution in [2.24, 2.45) is 0 Å². The third kappa shape index (κ3) is 4.13. The molecule has 1 atom stereocenters. The van der Waals surface area contributed by atoms with Gasteiger partial charge in [0.2, 0.25) is 0 Å². The Hall–Kier alpha value is -2.83. The summed E-state index contributed by atoms with van der Waals surface area (Å²) in [6.07, 6.45) is 10.2. The monoisotopic (exact) mass is 458 g/mol. The number of allylic oxidation sites excluding steroid dienone is 4. The van der Waals surface area contributed by atoms with Crippen LogP contribution in [0, 0.1) is 13.8 Å². The fourth-order valence-electron chi connectivity index (χ4n) is 4.77. The van der Waals surface area contributed by atoms with E-state index in [9.17, 15) is 4.79 Å². The number of carbonyl (C=O) groups excluding carboxylic acids is 1. The second-order valence-electron chi connectivity index (χ2n) is 8.94. The van der Waals surface area contributed by atoms with Gasteiger partial charge in [0.05, 0.1) is 16.1 Å². The Balaban J connectivity index is 1.74. The molecule has 5 rings (SSSR count). The molecule has 1 saturated heterocycles. The van der Waals surface area contributed by atoms with Gasteiger partial charge in [-0.15, -0.1) is 0 Å². The highest BCUT2D eigenvalue weighted by atomic mass is 32.2. The lowest BCUT2D eigenvalue weighted by molar-refractivity contribution is 0.0707. The molecular weight excluding hydrogens is 428 g/mol. The molecule has 3 aromatic rings. The zero-order valence-electron chi connectivity index (χ0n) is 19.5. The standard InChI is InChI=1S/C27H30N4OS/c1-18-9-7-10-19(2)25(18)33-27-23(26(32)30-16-15-28-20(3)17-30)24-22(13-8-14-29-24)31(27)21-11-5-4-6-12-21/h4-5,7-11,13-14,20,28H,6,12,15-17H2,1-3H3/t20-/m0/s1. The topological polar surface area (TPSA) is 50.2 Å². The van der Waals surface area contributed by atoms with Crippen molar-refractivity contribution in [3.63, 3.8) is 0 Å². The van der Waals surface area contributed by atoms with Crippen LogP contribution in [0.5, 0.6) is 0 Å². The average molecular weight is 459 g/mol. The number of nitrogens with one attached hydrogen (secondary N) is 1. The minimum atomic E-state index is 0.0755. The number of nitrogens with zero attached hydrogens (tertiary/aromatic N) is 3. The van der Waals surface area contributed by atoms with Gasteiger partial charge >= 0.3 is 0 Å². The number of piperazine rings is 1. The number of benzene rings is 1. The maximum Gasteiger partial charge on any atom is 0.258 e. The molecule has 6 heteroatoms. The SMILES string of the molecule is Cc1cccc(C)c1Sc1c(C(=O)N2CCN[C@@H](C)C2)c2ncccc2n1C1=CC=CCC1. The lowest BCUT2D eigenvalue weighted by Gasteiger charge is -2.32. The van der Waals surface area contributed by atoms with Gasteiger partial charge in [-0.1, -0.05) is 42.1 Å². The molecule has 0 unspecified atom stereocenters. The first-order chi connectivity index (χ1) is 16.0. The van der Waals surface area contributed by atoms with Gasteiger partial charge in [-0.2, -0.15) is 0 Å². The number of aryl methyl sites for hydroxylation is 2. The van der Waals surface area contributed by atoms with E-state index in [0.717, 1.165) is 41.0 Å². The first-order valence-electron chi connectivity index (χ1n) is 11.7. The summed E-state index contributed by atoms with van der Waals surface area (Å²) in [4.78, 5) is 22.0. The quantitative estimate of drug-likeness (QED) is 0.566. The molecule has 3 heterocycles. The van der Waals surface area contributed by atoms with Crippen LogP contribution in [0.2, 0.25) is 0 Å². The van der Waals surface area contributed by atoms with Crippen LogP contribution >= 0.6 is 11.8 Å². The minimum Gasteiger partial charge on any atom is -0.336 e. The van der Waals surface area contributed by atoms with E-state index in [4.69, 9.17) is 4.98 Å². The molecule has 0 spiro atoms. The highest BCUT2D eigenvalue weighted by Crippen LogP contribution is 2.42. The third-order valence-corrected chi connectivity index (χ3v) is 7.87. The zero-order chi connectivity index (χ0) is 22.9. The predicted molar refractivity (Wildman–Crippen MR) is 136 cm³/mol. The fourth-order valence-corrected chi connectivity index (χ4v) is 6.02. The largest absolute Gasteiger partial charge is 0.336 e. The van der Waals surface area contributed by atoms with Crippen LogP contribution in [0.15, 0.2) is 64.7 Å². The summed E-state index contributed by atoms with van der Waals surface area (Å²) in [7, 11) is 0. The summed E-state index contributed by atoms with van der Waals surface area (Å²) in [5.41, 5.74) is 6.16. The zero-order valence-corrected chi connectivity index (χ0v) is 20.3. The summed E-state index contributed by atoms with van der Waals surface area (Å²) in [5, 5.41) is 4.42. The third-order valence-electron chi connectivity index (χ3n) is 6.44. The number of fused-ring (bicyclic) bond motifs is 1. The van der Waals surface area contributed by atoms with Gasteiger partial charge in [0.15, 0.2) is 0 Å². The van der Waals surface area contributed by atoms with Gasteiger partial charge in [-0.25, -0.2) is 0 Å². The molecule has 1 amide bonds. The van der Waals surface area contributed by atoms with Gasteiger partial charge in [0.1, 0.15) is 5.52 Å². The van der Waals surface area contributed by atoms with Crippen molar-refractivity contribution in [2.45, 2.75) is 49.6 Å². The van der Waals surface area contributed by atoms with Crippen molar-refractivity contribution in [1.29, 1.82) is 0 Å². The molecule has 0 radical (unpaired) electrons. The smallest absolute Gasteiger partial charge is 0.258 e. The molecule has 1 fully saturated rings. The van der Waals surface area contributed by atoms with Crippen molar-refractivity contribution < 1.29 is 4.79 Å². The van der Waals surface area contributed by atoms with Crippen molar-refractivity contribution in [3.8, 4) is 0 Å². The average Bonchev–Trinajstić information content (AvgIpc) is 3.15. The Labute approximate surface area is 199 Å². The van der Waals surface area contributed by atoms with Crippen LogP contribution in [-0.4, -0.2) is 46.0 Å². The van der Waals surface area contributed by atoms with Gasteiger partial charge in [-0.3, -0.25) is 9.78 Å². The van der Waals surface area contributed by atoms with E-state index in [2.05, 4.69) is 73.1 Å². The molecule has 5 nitrogen and oxygen atoms in total. The molecule has 1 aliphatic carbocycles. The second kappa shape index (κ2) is 9.20. The van der Waals surface area contributed by atoms with Gasteiger partial charge in [0, 0.05) is 42.5 Å². The highest BCUT2D eigenvalue weighted by Gasteiger charge is 2.31. The van der Waals surface area contributed by atoms with Crippen molar-refractivity contribution in [2.75, 3.05) is 19.6 Å². The van der Waals surface area contributed by atoms with E-state index in [1.807, 2.05) is 11.0 Å². The summed E-state index contributed by atoms with van der Waals surface area (Å²) in [6, 6.07) is 10.7. The van der Waals surface area contributed by atoms with Crippen LogP contribution in [-0.2, 0) is 0 Å². The molecule has 1 aromatic carbocycles. The van der Waals surface area contributed by atoms with E-state index in [1.165, 1.54) is 21.7 Å². The number of hydrogen-bond donors (Lipinski definition) is 1. The van der Waals surface area contributed by atoms with E-state index < -0.39 is 0 Å². The lowest BCUT2D eigenvalue weighted by atomic mass is 10.1. The number of pyridine rings is 1. The molecule has 2 aromatic heterocycles. The Bertz CT molecular complexity index is 1250. The second-order valence-corrected chi connectivity index (χ2v) is 9.94. The number of rotatable bonds is 4. The van der Waals surface area contributed by atoms with Crippen LogP contribution in [0.1, 0.15) is 41.3 Å². The number of amides is 1. The van der Waals surface area contributed by atoms with Crippen LogP contribution in [0.4, 0.5) is 0 Å². The first-order valence-corrected chi connectivity index (χ1v) is 12.5. The lowest BCUT2D eigenvalue weighted by Crippen LogP contribution is -2.51. The fraction of sp³-hybridized carbons (Fsp3) is 0.333. The number of carbonyl (C=O) groups is 1. The molecule has 0 bridgehead atoms. The molecule has 2 aliphatic rings. The van der Waals surface area contributed by atoms with Crippen molar-refractivity contribution >= 4 is 34.4 Å². The molecule has 1 aliphatic heterocycles. The van der Waals surface area contributed by atoms with Crippen LogP contribution < -0.4 is 5.32 Å². The van der Waals surface area contributed by atoms with Crippen LogP contribution in [0.25, 0.3) is 16.7 Å². The normalized spacial score (nSPS) is 18.6. The summed E-state index contributed by atoms with van der Waals surface area (Å²) in [6.45, 7) is 8.64. The predicted octanol–water partition coefficient (Wildman–Crippen LogP) is 5.43. The minimum absolute atomic E-state index is 0.0755. The maximum absolute atomic E-state index is 14.0. The summed E-state index contributed by atoms with van der Waals surface area (Å²) in [5.74, 6) is 0.0755. The molecule has 1 N–H and O–H groups in total. The first kappa shape index (κ1) is 22.0. The van der Waals surface area contributed by atoms with Gasteiger partial charge in [0.25, 0.3) is 5.91 Å². The molecule has 170 valence electrons. The van der Waals surface area contributed by atoms with E-state index >= 15 is 0 Å². The molecule has 33 heavy (non-hydrogen) atoms. The molecule has 0 saturated carbocycles. The number of hydrogen-bond acceptors (Lipinski definition) is 4. The Morgan fingerprint density at radius 3 is 2.73 bits per heavy atom. The van der Waals surface area contributed by atoms with Gasteiger partial charge < -0.3 is 14.8 Å². The number of aromatic nitrogens is 2. The van der Waals surface area contributed by atoms with Crippen molar-refractivity contribution in [3.05, 3.63) is 71.4 Å². The van der Waals surface area contributed by atoms with E-state index in [-0.39, 0.29) is 11.9 Å². The van der Waals surface area contributed by atoms with E-state index in [0.29, 0.717) is 13.1 Å².